The van der Waals surface area contributed by atoms with Crippen LogP contribution in [-0.2, 0) is 6.61 Å². The SMILES string of the molecule is N#CC#Cc1ccc(CO)c([N+](=O)[O-])c1. The molecule has 1 N–H and O–H groups in total. The monoisotopic (exact) mass is 202 g/mol. The molecule has 0 aromatic heterocycles. The molecular weight excluding hydrogens is 196 g/mol. The predicted molar refractivity (Wildman–Crippen MR) is 51.5 cm³/mol. The zero-order chi connectivity index (χ0) is 11.3. The largest absolute Gasteiger partial charge is 0.391 e. The van der Waals surface area contributed by atoms with Crippen LogP contribution in [0.1, 0.15) is 11.1 Å². The van der Waals surface area contributed by atoms with Crippen molar-refractivity contribution in [3.63, 3.8) is 0 Å². The molecule has 5 nitrogen and oxygen atoms in total. The van der Waals surface area contributed by atoms with Crippen LogP contribution in [-0.4, -0.2) is 10.0 Å². The Morgan fingerprint density at radius 2 is 2.27 bits per heavy atom. The number of nitro benzene ring substituents is 1. The second-order valence-electron chi connectivity index (χ2n) is 2.62. The van der Waals surface area contributed by atoms with Crippen molar-refractivity contribution >= 4 is 5.69 Å². The summed E-state index contributed by atoms with van der Waals surface area (Å²) in [5, 5.41) is 27.6. The van der Waals surface area contributed by atoms with Gasteiger partial charge in [-0.2, -0.15) is 5.26 Å². The summed E-state index contributed by atoms with van der Waals surface area (Å²) in [6.45, 7) is -0.401. The van der Waals surface area contributed by atoms with Gasteiger partial charge in [-0.3, -0.25) is 10.1 Å². The van der Waals surface area contributed by atoms with Crippen LogP contribution in [0.3, 0.4) is 0 Å². The second-order valence-corrected chi connectivity index (χ2v) is 2.62. The summed E-state index contributed by atoms with van der Waals surface area (Å²) < 4.78 is 0. The Kier molecular flexibility index (Phi) is 3.39. The highest BCUT2D eigenvalue weighted by molar-refractivity contribution is 5.49. The molecule has 0 unspecified atom stereocenters. The standard InChI is InChI=1S/C10H6N2O3/c11-5-1-2-8-3-4-9(7-13)10(6-8)12(14)15/h3-4,6,13H,7H2. The second kappa shape index (κ2) is 4.75. The summed E-state index contributed by atoms with van der Waals surface area (Å²) in [7, 11) is 0. The van der Waals surface area contributed by atoms with Gasteiger partial charge >= 0.3 is 0 Å². The van der Waals surface area contributed by atoms with E-state index in [1.54, 1.807) is 6.07 Å². The number of aliphatic hydroxyl groups excluding tert-OH is 1. The van der Waals surface area contributed by atoms with Gasteiger partial charge in [0.15, 0.2) is 6.07 Å². The van der Waals surface area contributed by atoms with Crippen LogP contribution in [0.5, 0.6) is 0 Å². The van der Waals surface area contributed by atoms with Gasteiger partial charge in [-0.25, -0.2) is 0 Å². The molecule has 0 aliphatic rings. The number of rotatable bonds is 2. The van der Waals surface area contributed by atoms with Gasteiger partial charge in [0.05, 0.1) is 17.1 Å². The molecule has 74 valence electrons. The van der Waals surface area contributed by atoms with Gasteiger partial charge in [0, 0.05) is 17.6 Å². The number of hydrogen-bond acceptors (Lipinski definition) is 4. The minimum absolute atomic E-state index is 0.192. The first-order chi connectivity index (χ1) is 7.19. The lowest BCUT2D eigenvalue weighted by molar-refractivity contribution is -0.385. The summed E-state index contributed by atoms with van der Waals surface area (Å²) in [6.07, 6.45) is 0. The molecule has 0 aliphatic carbocycles. The van der Waals surface area contributed by atoms with E-state index in [0.717, 1.165) is 0 Å². The number of nitro groups is 1. The lowest BCUT2D eigenvalue weighted by Crippen LogP contribution is -1.95. The normalized spacial score (nSPS) is 8.53. The summed E-state index contributed by atoms with van der Waals surface area (Å²) in [5.74, 6) is 4.58. The van der Waals surface area contributed by atoms with Crippen molar-refractivity contribution < 1.29 is 10.0 Å². The van der Waals surface area contributed by atoms with Crippen LogP contribution in [0.2, 0.25) is 0 Å². The van der Waals surface area contributed by atoms with Gasteiger partial charge in [0.2, 0.25) is 0 Å². The van der Waals surface area contributed by atoms with Crippen LogP contribution >= 0.6 is 0 Å². The molecule has 15 heavy (non-hydrogen) atoms. The zero-order valence-corrected chi connectivity index (χ0v) is 7.60. The van der Waals surface area contributed by atoms with E-state index in [-0.39, 0.29) is 11.3 Å². The van der Waals surface area contributed by atoms with Crippen molar-refractivity contribution in [2.45, 2.75) is 6.61 Å². The molecule has 0 spiro atoms. The third kappa shape index (κ3) is 2.53. The van der Waals surface area contributed by atoms with Gasteiger partial charge < -0.3 is 5.11 Å². The van der Waals surface area contributed by atoms with Crippen molar-refractivity contribution in [2.24, 2.45) is 0 Å². The molecule has 0 saturated carbocycles. The molecule has 0 fully saturated rings. The zero-order valence-electron chi connectivity index (χ0n) is 7.60. The van der Waals surface area contributed by atoms with E-state index in [1.165, 1.54) is 18.2 Å². The third-order valence-corrected chi connectivity index (χ3v) is 1.72. The maximum Gasteiger partial charge on any atom is 0.276 e. The van der Waals surface area contributed by atoms with Crippen LogP contribution < -0.4 is 0 Å². The van der Waals surface area contributed by atoms with E-state index >= 15 is 0 Å². The van der Waals surface area contributed by atoms with E-state index in [2.05, 4.69) is 11.8 Å². The predicted octanol–water partition coefficient (Wildman–Crippen LogP) is 0.962. The third-order valence-electron chi connectivity index (χ3n) is 1.72. The maximum atomic E-state index is 10.6. The number of nitriles is 1. The fourth-order valence-electron chi connectivity index (χ4n) is 1.05. The maximum absolute atomic E-state index is 10.6. The molecule has 1 aromatic carbocycles. The van der Waals surface area contributed by atoms with Gasteiger partial charge in [0.25, 0.3) is 5.69 Å². The number of aliphatic hydroxyl groups is 1. The molecule has 0 aliphatic heterocycles. The fourth-order valence-corrected chi connectivity index (χ4v) is 1.05. The highest BCUT2D eigenvalue weighted by atomic mass is 16.6. The molecule has 0 atom stereocenters. The van der Waals surface area contributed by atoms with Crippen LogP contribution in [0.15, 0.2) is 18.2 Å². The van der Waals surface area contributed by atoms with E-state index in [9.17, 15) is 10.1 Å². The average Bonchev–Trinajstić information content (AvgIpc) is 2.25. The smallest absolute Gasteiger partial charge is 0.276 e. The van der Waals surface area contributed by atoms with E-state index in [4.69, 9.17) is 10.4 Å². The van der Waals surface area contributed by atoms with E-state index in [1.807, 2.05) is 0 Å². The first-order valence-electron chi connectivity index (χ1n) is 3.97. The van der Waals surface area contributed by atoms with Gasteiger partial charge in [-0.15, -0.1) is 0 Å². The van der Waals surface area contributed by atoms with Crippen molar-refractivity contribution in [3.05, 3.63) is 39.4 Å². The average molecular weight is 202 g/mol. The summed E-state index contributed by atoms with van der Waals surface area (Å²) >= 11 is 0. The van der Waals surface area contributed by atoms with Gasteiger partial charge in [0.1, 0.15) is 0 Å². The van der Waals surface area contributed by atoms with Gasteiger partial charge in [-0.1, -0.05) is 5.92 Å². The molecule has 1 aromatic rings. The van der Waals surface area contributed by atoms with E-state index < -0.39 is 11.5 Å². The molecule has 1 rings (SSSR count). The number of hydrogen-bond donors (Lipinski definition) is 1. The number of nitrogens with zero attached hydrogens (tertiary/aromatic N) is 2. The van der Waals surface area contributed by atoms with Crippen molar-refractivity contribution in [2.75, 3.05) is 0 Å². The van der Waals surface area contributed by atoms with E-state index in [0.29, 0.717) is 5.56 Å². The lowest BCUT2D eigenvalue weighted by atomic mass is 10.1. The number of benzene rings is 1. The quantitative estimate of drug-likeness (QED) is 0.439. The van der Waals surface area contributed by atoms with Crippen LogP contribution in [0.4, 0.5) is 5.69 Å². The molecule has 0 saturated heterocycles. The molecule has 5 heteroatoms. The Morgan fingerprint density at radius 1 is 1.53 bits per heavy atom. The molecule has 0 bridgehead atoms. The minimum atomic E-state index is -0.594. The Bertz CT molecular complexity index is 492. The Labute approximate surface area is 85.7 Å². The summed E-state index contributed by atoms with van der Waals surface area (Å²) in [5.41, 5.74) is 0.408. The molecule has 0 radical (unpaired) electrons. The lowest BCUT2D eigenvalue weighted by Gasteiger charge is -1.98. The Balaban J connectivity index is 3.23. The fraction of sp³-hybridized carbons (Fsp3) is 0.100. The first kappa shape index (κ1) is 10.7. The molecular formula is C10H6N2O3. The molecule has 0 amide bonds. The van der Waals surface area contributed by atoms with Crippen molar-refractivity contribution in [1.29, 1.82) is 5.26 Å². The Hall–Kier alpha value is -2.37. The van der Waals surface area contributed by atoms with Crippen molar-refractivity contribution in [3.8, 4) is 17.9 Å². The van der Waals surface area contributed by atoms with Crippen molar-refractivity contribution in [1.82, 2.24) is 0 Å². The van der Waals surface area contributed by atoms with Crippen LogP contribution in [0.25, 0.3) is 0 Å². The van der Waals surface area contributed by atoms with Gasteiger partial charge in [-0.05, 0) is 12.1 Å². The minimum Gasteiger partial charge on any atom is -0.391 e. The highest BCUT2D eigenvalue weighted by Crippen LogP contribution is 2.19. The molecule has 0 heterocycles. The first-order valence-corrected chi connectivity index (χ1v) is 3.97. The summed E-state index contributed by atoms with van der Waals surface area (Å²) in [6, 6.07) is 5.78. The van der Waals surface area contributed by atoms with Crippen LogP contribution in [0, 0.1) is 33.3 Å². The Morgan fingerprint density at radius 3 is 2.80 bits per heavy atom. The topological polar surface area (TPSA) is 87.2 Å². The highest BCUT2D eigenvalue weighted by Gasteiger charge is 2.12. The summed E-state index contributed by atoms with van der Waals surface area (Å²) in [4.78, 5) is 9.99.